The molecule has 0 radical (unpaired) electrons. The van der Waals surface area contributed by atoms with E-state index < -0.39 is 0 Å². The van der Waals surface area contributed by atoms with Crippen LogP contribution in [0.5, 0.6) is 11.5 Å². The molecule has 0 saturated heterocycles. The van der Waals surface area contributed by atoms with Crippen LogP contribution in [0.4, 0.5) is 5.82 Å². The van der Waals surface area contributed by atoms with Gasteiger partial charge in [0.25, 0.3) is 0 Å². The van der Waals surface area contributed by atoms with E-state index in [1.165, 1.54) is 12.4 Å². The van der Waals surface area contributed by atoms with Gasteiger partial charge in [0.2, 0.25) is 5.91 Å². The minimum atomic E-state index is -0.145. The number of rotatable bonds is 7. The molecular formula is C29H27N7O2. The molecule has 1 amide bonds. The number of ether oxygens (including phenoxy) is 1. The van der Waals surface area contributed by atoms with Gasteiger partial charge in [-0.1, -0.05) is 36.9 Å². The number of carbonyl (C=O) groups is 1. The highest BCUT2D eigenvalue weighted by atomic mass is 16.5. The van der Waals surface area contributed by atoms with Gasteiger partial charge in [0.05, 0.1) is 23.3 Å². The third-order valence-corrected chi connectivity index (χ3v) is 7.01. The van der Waals surface area contributed by atoms with Crippen LogP contribution in [0.2, 0.25) is 0 Å². The van der Waals surface area contributed by atoms with Gasteiger partial charge in [0.15, 0.2) is 0 Å². The second-order valence-electron chi connectivity index (χ2n) is 9.42. The molecular weight excluding hydrogens is 478 g/mol. The number of benzene rings is 2. The van der Waals surface area contributed by atoms with Crippen LogP contribution in [0.1, 0.15) is 18.9 Å². The van der Waals surface area contributed by atoms with E-state index >= 15 is 0 Å². The van der Waals surface area contributed by atoms with Gasteiger partial charge < -0.3 is 20.4 Å². The molecule has 0 unspecified atom stereocenters. The van der Waals surface area contributed by atoms with Crippen molar-refractivity contribution in [3.05, 3.63) is 86.0 Å². The fourth-order valence-electron chi connectivity index (χ4n) is 5.05. The van der Waals surface area contributed by atoms with E-state index in [9.17, 15) is 4.79 Å². The third kappa shape index (κ3) is 4.17. The molecule has 0 spiro atoms. The highest BCUT2D eigenvalue weighted by molar-refractivity contribution is 6.07. The molecule has 3 N–H and O–H groups in total. The maximum Gasteiger partial charge on any atom is 0.243 e. The number of nitrogen functional groups attached to an aromatic ring is 1. The lowest BCUT2D eigenvalue weighted by molar-refractivity contribution is -0.117. The van der Waals surface area contributed by atoms with Gasteiger partial charge in [0.1, 0.15) is 29.3 Å². The average molecular weight is 506 g/mol. The molecule has 3 heterocycles. The van der Waals surface area contributed by atoms with Crippen molar-refractivity contribution in [2.75, 3.05) is 5.73 Å². The molecule has 6 rings (SSSR count). The molecule has 0 bridgehead atoms. The van der Waals surface area contributed by atoms with Crippen molar-refractivity contribution < 1.29 is 9.53 Å². The van der Waals surface area contributed by atoms with Gasteiger partial charge in [-0.2, -0.15) is 5.10 Å². The zero-order valence-corrected chi connectivity index (χ0v) is 20.9. The van der Waals surface area contributed by atoms with Crippen molar-refractivity contribution in [1.82, 2.24) is 29.6 Å². The average Bonchev–Trinajstić information content (AvgIpc) is 3.50. The van der Waals surface area contributed by atoms with Gasteiger partial charge in [-0.25, -0.2) is 9.97 Å². The summed E-state index contributed by atoms with van der Waals surface area (Å²) < 4.78 is 9.99. The Morgan fingerprint density at radius 2 is 1.82 bits per heavy atom. The number of hydrogen-bond donors (Lipinski definition) is 2. The molecule has 9 heteroatoms. The second kappa shape index (κ2) is 9.51. The van der Waals surface area contributed by atoms with Crippen LogP contribution >= 0.6 is 0 Å². The quantitative estimate of drug-likeness (QED) is 0.305. The number of nitrogens with zero attached hydrogens (tertiary/aromatic N) is 5. The van der Waals surface area contributed by atoms with Crippen LogP contribution in [0.3, 0.4) is 0 Å². The van der Waals surface area contributed by atoms with Gasteiger partial charge in [-0.05, 0) is 48.7 Å². The van der Waals surface area contributed by atoms with Gasteiger partial charge in [-0.15, -0.1) is 0 Å². The van der Waals surface area contributed by atoms with Gasteiger partial charge in [0, 0.05) is 30.4 Å². The second-order valence-corrected chi connectivity index (χ2v) is 9.42. The fraction of sp³-hybridized carbons (Fsp3) is 0.172. The Bertz CT molecular complexity index is 1630. The van der Waals surface area contributed by atoms with Crippen LogP contribution in [0.15, 0.2) is 86.0 Å². The summed E-state index contributed by atoms with van der Waals surface area (Å²) >= 11 is 0. The van der Waals surface area contributed by atoms with E-state index in [2.05, 4.69) is 27.0 Å². The van der Waals surface area contributed by atoms with Crippen LogP contribution in [0.25, 0.3) is 33.4 Å². The molecule has 1 fully saturated rings. The summed E-state index contributed by atoms with van der Waals surface area (Å²) in [5.41, 5.74) is 10.9. The molecule has 0 atom stereocenters. The van der Waals surface area contributed by atoms with Crippen LogP contribution in [-0.2, 0) is 11.8 Å². The number of hydrogen-bond acceptors (Lipinski definition) is 6. The van der Waals surface area contributed by atoms with Crippen molar-refractivity contribution in [3.63, 3.8) is 0 Å². The number of fused-ring (bicyclic) bond motifs is 1. The minimum Gasteiger partial charge on any atom is -0.457 e. The molecule has 1 aliphatic rings. The summed E-state index contributed by atoms with van der Waals surface area (Å²) in [5.74, 6) is 1.79. The van der Waals surface area contributed by atoms with E-state index in [1.807, 2.05) is 83.3 Å². The van der Waals surface area contributed by atoms with E-state index in [0.29, 0.717) is 5.82 Å². The number of anilines is 1. The van der Waals surface area contributed by atoms with Crippen molar-refractivity contribution >= 4 is 22.8 Å². The first-order valence-corrected chi connectivity index (χ1v) is 12.4. The summed E-state index contributed by atoms with van der Waals surface area (Å²) in [4.78, 5) is 20.4. The largest absolute Gasteiger partial charge is 0.457 e. The molecule has 5 aromatic rings. The van der Waals surface area contributed by atoms with E-state index in [0.717, 1.165) is 57.8 Å². The maximum atomic E-state index is 11.6. The van der Waals surface area contributed by atoms with Crippen molar-refractivity contribution in [1.29, 1.82) is 0 Å². The Labute approximate surface area is 219 Å². The van der Waals surface area contributed by atoms with Crippen molar-refractivity contribution in [2.45, 2.75) is 24.9 Å². The van der Waals surface area contributed by atoms with Crippen molar-refractivity contribution in [2.24, 2.45) is 7.05 Å². The van der Waals surface area contributed by atoms with Crippen LogP contribution in [-0.4, -0.2) is 36.3 Å². The smallest absolute Gasteiger partial charge is 0.243 e. The van der Waals surface area contributed by atoms with Gasteiger partial charge >= 0.3 is 0 Å². The maximum absolute atomic E-state index is 11.6. The van der Waals surface area contributed by atoms with Gasteiger partial charge in [-0.3, -0.25) is 9.48 Å². The highest BCUT2D eigenvalue weighted by Crippen LogP contribution is 2.42. The lowest BCUT2D eigenvalue weighted by Crippen LogP contribution is -2.44. The zero-order valence-electron chi connectivity index (χ0n) is 20.9. The number of aromatic nitrogens is 5. The summed E-state index contributed by atoms with van der Waals surface area (Å²) in [7, 11) is 1.97. The Kier molecular flexibility index (Phi) is 5.88. The lowest BCUT2D eigenvalue weighted by atomic mass is 9.87. The number of aryl methyl sites for hydroxylation is 1. The monoisotopic (exact) mass is 505 g/mol. The van der Waals surface area contributed by atoms with Crippen LogP contribution < -0.4 is 15.8 Å². The summed E-state index contributed by atoms with van der Waals surface area (Å²) in [6, 6.07) is 18.0. The Morgan fingerprint density at radius 1 is 1.08 bits per heavy atom. The summed E-state index contributed by atoms with van der Waals surface area (Å²) in [6.45, 7) is 3.52. The van der Waals surface area contributed by atoms with E-state index in [1.54, 1.807) is 0 Å². The Morgan fingerprint density at radius 3 is 2.55 bits per heavy atom. The molecule has 9 nitrogen and oxygen atoms in total. The summed E-state index contributed by atoms with van der Waals surface area (Å²) in [5, 5.41) is 8.40. The van der Waals surface area contributed by atoms with E-state index in [-0.39, 0.29) is 18.0 Å². The first kappa shape index (κ1) is 23.5. The van der Waals surface area contributed by atoms with Crippen LogP contribution in [0, 0.1) is 0 Å². The standard InChI is InChI=1S/C29H27N7O2/c1-3-24(37)34-20-13-21(14-20)36-16-19(15-33-36)27-25(26-28(30)31-17-32-29(26)35(27)2)18-9-11-23(12-10-18)38-22-7-5-4-6-8-22/h3-12,15-17,20-21H,1,13-14H2,2H3,(H,34,37)(H2,30,31,32)/t20-,21-. The number of carbonyl (C=O) groups excluding carboxylic acids is 1. The predicted octanol–water partition coefficient (Wildman–Crippen LogP) is 4.88. The number of nitrogens with one attached hydrogen (secondary N) is 1. The fourth-order valence-corrected chi connectivity index (χ4v) is 5.05. The zero-order chi connectivity index (χ0) is 26.2. The molecule has 190 valence electrons. The first-order chi connectivity index (χ1) is 18.5. The Hall–Kier alpha value is -4.92. The Balaban J connectivity index is 1.35. The van der Waals surface area contributed by atoms with E-state index in [4.69, 9.17) is 10.5 Å². The molecule has 3 aromatic heterocycles. The molecule has 2 aromatic carbocycles. The molecule has 0 aliphatic heterocycles. The SMILES string of the molecule is C=CC(=O)N[C@H]1C[C@H](n2cc(-c3c(-c4ccc(Oc5ccccc5)cc4)c4c(N)ncnc4n3C)cn2)C1. The normalized spacial score (nSPS) is 16.7. The third-order valence-electron chi connectivity index (χ3n) is 7.01. The number of amides is 1. The predicted molar refractivity (Wildman–Crippen MR) is 146 cm³/mol. The molecule has 1 aliphatic carbocycles. The van der Waals surface area contributed by atoms with Crippen molar-refractivity contribution in [3.8, 4) is 33.9 Å². The minimum absolute atomic E-state index is 0.137. The topological polar surface area (TPSA) is 113 Å². The molecule has 38 heavy (non-hydrogen) atoms. The number of para-hydroxylation sites is 1. The number of nitrogens with two attached hydrogens (primary N) is 1. The summed E-state index contributed by atoms with van der Waals surface area (Å²) in [6.07, 6.45) is 8.34. The highest BCUT2D eigenvalue weighted by Gasteiger charge is 2.32. The molecule has 1 saturated carbocycles. The lowest BCUT2D eigenvalue weighted by Gasteiger charge is -2.35. The first-order valence-electron chi connectivity index (χ1n) is 12.4.